The number of hydrogen-bond acceptors (Lipinski definition) is 4. The molecule has 0 fully saturated rings. The van der Waals surface area contributed by atoms with Crippen LogP contribution in [0, 0.1) is 0 Å². The quantitative estimate of drug-likeness (QED) is 0.871. The smallest absolute Gasteiger partial charge is 0.293 e. The van der Waals surface area contributed by atoms with Gasteiger partial charge in [0.1, 0.15) is 11.5 Å². The Balaban J connectivity index is 2.39. The second-order valence-corrected chi connectivity index (χ2v) is 5.40. The zero-order chi connectivity index (χ0) is 13.9. The Kier molecular flexibility index (Phi) is 2.19. The molecule has 0 saturated carbocycles. The fourth-order valence-electron chi connectivity index (χ4n) is 1.37. The lowest BCUT2D eigenvalue weighted by Gasteiger charge is -2.04. The largest absolute Gasteiger partial charge is 0.508 e. The van der Waals surface area contributed by atoms with Gasteiger partial charge in [-0.2, -0.15) is 0 Å². The summed E-state index contributed by atoms with van der Waals surface area (Å²) in [6.45, 7) is 0. The van der Waals surface area contributed by atoms with Gasteiger partial charge in [-0.25, -0.2) is 8.42 Å². The van der Waals surface area contributed by atoms with E-state index in [9.17, 15) is 8.42 Å². The molecular weight excluding hydrogens is 240 g/mol. The molecule has 5 heteroatoms. The summed E-state index contributed by atoms with van der Waals surface area (Å²) in [6, 6.07) is 11.1. The summed E-state index contributed by atoms with van der Waals surface area (Å²) in [5.41, 5.74) is 0. The minimum atomic E-state index is -3.62. The lowest BCUT2D eigenvalue weighted by atomic mass is 10.3. The van der Waals surface area contributed by atoms with Crippen LogP contribution in [0.1, 0.15) is 0 Å². The van der Waals surface area contributed by atoms with Gasteiger partial charge in [0.15, 0.2) is 0 Å². The van der Waals surface area contributed by atoms with Crippen LogP contribution in [0.25, 0.3) is 0 Å². The number of hydrogen-bond donors (Lipinski definition) is 2. The van der Waals surface area contributed by atoms with Crippen molar-refractivity contribution in [1.82, 2.24) is 0 Å². The average molecular weight is 252 g/mol. The molecule has 0 spiro atoms. The van der Waals surface area contributed by atoms with Crippen LogP contribution in [-0.2, 0) is 9.84 Å². The van der Waals surface area contributed by atoms with Gasteiger partial charge in [-0.15, -0.1) is 0 Å². The van der Waals surface area contributed by atoms with Gasteiger partial charge in [0.05, 0.1) is 9.79 Å². The normalized spacial score (nSPS) is 12.5. The molecule has 0 atom stereocenters. The van der Waals surface area contributed by atoms with Crippen LogP contribution in [0.3, 0.4) is 0 Å². The predicted octanol–water partition coefficient (Wildman–Crippen LogP) is 1.93. The van der Waals surface area contributed by atoms with Gasteiger partial charge in [-0.05, 0) is 48.5 Å². The second kappa shape index (κ2) is 4.10. The molecule has 17 heavy (non-hydrogen) atoms. The maximum Gasteiger partial charge on any atom is 0.293 e. The first kappa shape index (κ1) is 9.07. The van der Waals surface area contributed by atoms with Crippen LogP contribution in [0.2, 0.25) is 0 Å². The maximum absolute atomic E-state index is 12.3. The molecule has 0 aliphatic heterocycles. The van der Waals surface area contributed by atoms with Crippen LogP contribution in [-0.4, -0.2) is 21.5 Å². The van der Waals surface area contributed by atoms with Crippen molar-refractivity contribution in [3.63, 3.8) is 0 Å². The summed E-state index contributed by atoms with van der Waals surface area (Å²) in [6.07, 6.45) is 0. The first-order valence-corrected chi connectivity index (χ1v) is 6.28. The lowest BCUT2D eigenvalue weighted by molar-refractivity contribution is 0.474. The van der Waals surface area contributed by atoms with Gasteiger partial charge in [0.2, 0.25) is 9.84 Å². The van der Waals surface area contributed by atoms with E-state index in [1.807, 2.05) is 0 Å². The molecule has 0 saturated heterocycles. The molecule has 88 valence electrons. The summed E-state index contributed by atoms with van der Waals surface area (Å²) >= 11 is 0. The summed E-state index contributed by atoms with van der Waals surface area (Å²) in [7, 11) is -3.62. The van der Waals surface area contributed by atoms with Crippen molar-refractivity contribution in [2.75, 3.05) is 0 Å². The second-order valence-electron chi connectivity index (χ2n) is 3.45. The third-order valence-corrected chi connectivity index (χ3v) is 4.05. The van der Waals surface area contributed by atoms with Gasteiger partial charge >= 0.3 is 0 Å². The maximum atomic E-state index is 12.3. The molecule has 2 N–H and O–H groups in total. The Labute approximate surface area is 102 Å². The first-order valence-electron chi connectivity index (χ1n) is 5.61. The van der Waals surface area contributed by atoms with E-state index in [4.69, 9.17) is 2.86 Å². The Morgan fingerprint density at radius 3 is 1.41 bits per heavy atom. The highest BCUT2D eigenvalue weighted by atomic mass is 32.2. The lowest BCUT2D eigenvalue weighted by Crippen LogP contribution is -2.01. The Hall–Kier alpha value is -2.01. The zero-order valence-electron chi connectivity index (χ0n) is 10.7. The van der Waals surface area contributed by atoms with E-state index < -0.39 is 9.84 Å². The summed E-state index contributed by atoms with van der Waals surface area (Å²) < 4.78 is 37.9. The molecule has 2 aromatic rings. The number of rotatable bonds is 4. The fraction of sp³-hybridized carbons (Fsp3) is 0. The van der Waals surface area contributed by atoms with Crippen LogP contribution in [0.4, 0.5) is 0 Å². The van der Waals surface area contributed by atoms with E-state index in [0.29, 0.717) is 0 Å². The predicted molar refractivity (Wildman–Crippen MR) is 61.7 cm³/mol. The fourth-order valence-corrected chi connectivity index (χ4v) is 2.63. The molecule has 0 radical (unpaired) electrons. The topological polar surface area (TPSA) is 74.6 Å². The zero-order valence-corrected chi connectivity index (χ0v) is 9.48. The molecule has 0 unspecified atom stereocenters. The molecule has 0 heterocycles. The Morgan fingerprint density at radius 2 is 1.12 bits per heavy atom. The van der Waals surface area contributed by atoms with E-state index in [1.54, 1.807) is 0 Å². The van der Waals surface area contributed by atoms with Gasteiger partial charge in [0.25, 0.3) is 2.86 Å². The SMILES string of the molecule is [2H]Oc1ccc(S(=O)(=O)c2ccc(O[2H])cc2)cc1. The van der Waals surface area contributed by atoms with Gasteiger partial charge in [-0.3, -0.25) is 0 Å². The van der Waals surface area contributed by atoms with E-state index in [1.165, 1.54) is 48.5 Å². The molecule has 2 aromatic carbocycles. The van der Waals surface area contributed by atoms with Crippen LogP contribution < -0.4 is 0 Å². The van der Waals surface area contributed by atoms with Crippen molar-refractivity contribution in [3.05, 3.63) is 48.5 Å². The van der Waals surface area contributed by atoms with Crippen molar-refractivity contribution in [2.45, 2.75) is 9.79 Å². The van der Waals surface area contributed by atoms with Gasteiger partial charge in [-0.1, -0.05) is 0 Å². The minimum Gasteiger partial charge on any atom is -0.508 e. The van der Waals surface area contributed by atoms with Crippen molar-refractivity contribution < 1.29 is 18.6 Å². The third-order valence-electron chi connectivity index (χ3n) is 2.27. The highest BCUT2D eigenvalue weighted by molar-refractivity contribution is 7.91. The van der Waals surface area contributed by atoms with E-state index in [-0.39, 0.29) is 21.3 Å². The Morgan fingerprint density at radius 1 is 0.765 bits per heavy atom. The van der Waals surface area contributed by atoms with Crippen LogP contribution in [0.15, 0.2) is 58.3 Å². The molecule has 0 aromatic heterocycles. The van der Waals surface area contributed by atoms with Crippen LogP contribution >= 0.6 is 0 Å². The minimum absolute atomic E-state index is 0.104. The molecule has 0 amide bonds. The molecular formula is C12H10O4S. The van der Waals surface area contributed by atoms with Crippen molar-refractivity contribution in [2.24, 2.45) is 0 Å². The molecule has 4 nitrogen and oxygen atoms in total. The standard InChI is InChI=1S/C12H10O4S/c13-9-1-5-11(6-2-9)17(15,16)12-7-3-10(14)4-8-12/h1-8,13-14H/i/hD2. The highest BCUT2D eigenvalue weighted by Crippen LogP contribution is 2.23. The number of phenols is 2. The first-order chi connectivity index (χ1) is 9.07. The van der Waals surface area contributed by atoms with Gasteiger partial charge in [0, 0.05) is 0 Å². The van der Waals surface area contributed by atoms with Crippen LogP contribution in [0.5, 0.6) is 11.5 Å². The van der Waals surface area contributed by atoms with E-state index >= 15 is 0 Å². The van der Waals surface area contributed by atoms with E-state index in [2.05, 4.69) is 10.2 Å². The summed E-state index contributed by atoms with van der Waals surface area (Å²) in [5, 5.41) is 8.47. The monoisotopic (exact) mass is 252 g/mol. The number of aromatic hydroxyl groups is 2. The average Bonchev–Trinajstić information content (AvgIpc) is 2.47. The third kappa shape index (κ3) is 2.24. The molecule has 0 aliphatic rings. The number of benzene rings is 2. The van der Waals surface area contributed by atoms with Gasteiger partial charge < -0.3 is 10.2 Å². The molecule has 0 bridgehead atoms. The van der Waals surface area contributed by atoms with Crippen molar-refractivity contribution in [3.8, 4) is 11.5 Å². The van der Waals surface area contributed by atoms with Crippen molar-refractivity contribution >= 4 is 9.84 Å². The summed E-state index contributed by atoms with van der Waals surface area (Å²) in [5.74, 6) is 0.522. The van der Waals surface area contributed by atoms with Crippen molar-refractivity contribution in [1.29, 1.82) is 2.86 Å². The molecule has 0 aliphatic carbocycles. The Bertz CT molecular complexity index is 598. The number of sulfone groups is 1. The highest BCUT2D eigenvalue weighted by Gasteiger charge is 2.17. The van der Waals surface area contributed by atoms with E-state index in [0.717, 1.165) is 0 Å². The summed E-state index contributed by atoms with van der Waals surface area (Å²) in [4.78, 5) is 0.209. The number of phenolic OH excluding ortho intramolecular Hbond substituents is 2. The molecule has 2 rings (SSSR count).